The number of carbonyl (C=O) groups is 3. The molecule has 5 rings (SSSR count). The summed E-state index contributed by atoms with van der Waals surface area (Å²) in [6.07, 6.45) is 6.49. The van der Waals surface area contributed by atoms with Crippen LogP contribution in [0, 0.1) is 29.1 Å². The molecule has 0 radical (unpaired) electrons. The Morgan fingerprint density at radius 1 is 1.02 bits per heavy atom. The number of carbonyl (C=O) groups excluding carboxylic acids is 3. The molecule has 2 unspecified atom stereocenters. The second-order valence-corrected chi connectivity index (χ2v) is 14.6. The summed E-state index contributed by atoms with van der Waals surface area (Å²) in [4.78, 5) is 49.9. The van der Waals surface area contributed by atoms with E-state index in [1.54, 1.807) is 32.0 Å². The summed E-state index contributed by atoms with van der Waals surface area (Å²) in [5, 5.41) is 29.6. The van der Waals surface area contributed by atoms with Crippen LogP contribution < -0.4 is 22.1 Å². The van der Waals surface area contributed by atoms with Gasteiger partial charge in [-0.2, -0.15) is 0 Å². The van der Waals surface area contributed by atoms with E-state index in [-0.39, 0.29) is 23.6 Å². The molecule has 0 aromatic carbocycles. The Morgan fingerprint density at radius 2 is 1.70 bits per heavy atom. The van der Waals surface area contributed by atoms with Crippen LogP contribution in [-0.2, 0) is 14.4 Å². The molecule has 11 nitrogen and oxygen atoms in total. The van der Waals surface area contributed by atoms with E-state index in [1.165, 1.54) is 12.6 Å². The molecular formula is C35H58N6O5. The molecule has 1 aromatic rings. The average molecular weight is 643 g/mol. The van der Waals surface area contributed by atoms with Gasteiger partial charge in [-0.05, 0) is 68.2 Å². The molecule has 258 valence electrons. The number of hydrogen-bond donors (Lipinski definition) is 6. The average Bonchev–Trinajstić information content (AvgIpc) is 3.07. The number of nitrogens with two attached hydrogens (primary N) is 2. The Labute approximate surface area is 274 Å². The first kappa shape index (κ1) is 36.4. The van der Waals surface area contributed by atoms with Crippen molar-refractivity contribution < 1.29 is 24.6 Å². The van der Waals surface area contributed by atoms with Crippen LogP contribution in [0.5, 0.6) is 0 Å². The number of pyridine rings is 1. The number of rotatable bonds is 15. The van der Waals surface area contributed by atoms with Gasteiger partial charge in [0.2, 0.25) is 11.8 Å². The van der Waals surface area contributed by atoms with Crippen LogP contribution >= 0.6 is 0 Å². The van der Waals surface area contributed by atoms with Gasteiger partial charge in [-0.25, -0.2) is 0 Å². The van der Waals surface area contributed by atoms with E-state index < -0.39 is 59.3 Å². The highest BCUT2D eigenvalue weighted by molar-refractivity contribution is 6.08. The maximum Gasteiger partial charge on any atom is 0.239 e. The Hall–Kier alpha value is -2.44. The molecular weight excluding hydrogens is 584 g/mol. The normalized spacial score (nSPS) is 27.1. The first-order valence-electron chi connectivity index (χ1n) is 17.6. The van der Waals surface area contributed by atoms with Gasteiger partial charge in [-0.1, -0.05) is 72.3 Å². The van der Waals surface area contributed by atoms with Crippen molar-refractivity contribution >= 4 is 17.6 Å². The highest BCUT2D eigenvalue weighted by Gasteiger charge is 2.58. The summed E-state index contributed by atoms with van der Waals surface area (Å²) in [6, 6.07) is 1.83. The number of piperidine rings is 3. The number of hydrogen-bond acceptors (Lipinski definition) is 9. The van der Waals surface area contributed by atoms with Gasteiger partial charge in [0, 0.05) is 24.8 Å². The van der Waals surface area contributed by atoms with E-state index in [4.69, 9.17) is 11.5 Å². The van der Waals surface area contributed by atoms with Crippen LogP contribution in [0.25, 0.3) is 0 Å². The molecule has 4 heterocycles. The largest absolute Gasteiger partial charge is 0.389 e. The maximum atomic E-state index is 14.7. The Morgan fingerprint density at radius 3 is 2.24 bits per heavy atom. The summed E-state index contributed by atoms with van der Waals surface area (Å²) >= 11 is 0. The number of aliphatic hydroxyl groups is 2. The summed E-state index contributed by atoms with van der Waals surface area (Å²) < 4.78 is 0. The fourth-order valence-corrected chi connectivity index (χ4v) is 7.92. The molecule has 46 heavy (non-hydrogen) atoms. The van der Waals surface area contributed by atoms with E-state index in [1.807, 2.05) is 13.8 Å². The second-order valence-electron chi connectivity index (χ2n) is 14.6. The standard InChI is InChI=1S/C35H58N6O5/c1-5-22(4)28(37)31(43)29(26-13-9-10-16-38-26)40-34(46)35(21(2)3,33(45)39-27-20-41-17-14-24(27)15-18-41)32(44)30(42)25(36)19-23-11-7-6-8-12-23/h9-10,13,16,21-25,27-30,32,42,44H,5-8,11-12,14-15,17-20,36-37H2,1-4H3,(H,39,45)(H,40,46)/t22-,25-,27?,28-,29?,30+,32-,35-/m0/s1. The van der Waals surface area contributed by atoms with Crippen molar-refractivity contribution in [3.8, 4) is 0 Å². The van der Waals surface area contributed by atoms with Crippen molar-refractivity contribution in [1.29, 1.82) is 0 Å². The van der Waals surface area contributed by atoms with Crippen LogP contribution in [0.4, 0.5) is 0 Å². The monoisotopic (exact) mass is 642 g/mol. The van der Waals surface area contributed by atoms with Crippen LogP contribution in [-0.4, -0.2) is 87.7 Å². The predicted octanol–water partition coefficient (Wildman–Crippen LogP) is 2.05. The van der Waals surface area contributed by atoms with Gasteiger partial charge < -0.3 is 37.2 Å². The number of nitrogens with zero attached hydrogens (tertiary/aromatic N) is 2. The molecule has 2 bridgehead atoms. The SMILES string of the molecule is CC[C@H](C)[C@H](N)C(=O)C(NC(=O)[C@@](C(=O)NC1CN2CCC1CC2)(C(C)C)[C@@H](O)[C@H](O)[C@@H](N)CC1CCCCC1)c1ccccn1. The fourth-order valence-electron chi connectivity index (χ4n) is 7.92. The minimum Gasteiger partial charge on any atom is -0.389 e. The summed E-state index contributed by atoms with van der Waals surface area (Å²) in [5.74, 6) is -2.36. The molecule has 8 atom stereocenters. The van der Waals surface area contributed by atoms with Crippen LogP contribution in [0.2, 0.25) is 0 Å². The van der Waals surface area contributed by atoms with Crippen molar-refractivity contribution in [2.45, 2.75) is 122 Å². The first-order chi connectivity index (χ1) is 21.9. The Kier molecular flexibility index (Phi) is 12.7. The molecule has 3 aliphatic heterocycles. The number of Topliss-reactive ketones (excluding diaryl/α,β-unsaturated/α-hetero) is 1. The first-order valence-corrected chi connectivity index (χ1v) is 17.6. The van der Waals surface area contributed by atoms with E-state index in [9.17, 15) is 24.6 Å². The lowest BCUT2D eigenvalue weighted by Gasteiger charge is -2.47. The van der Waals surface area contributed by atoms with Crippen LogP contribution in [0.1, 0.15) is 97.2 Å². The summed E-state index contributed by atoms with van der Waals surface area (Å²) in [6.45, 7) is 9.76. The molecule has 8 N–H and O–H groups in total. The van der Waals surface area contributed by atoms with Crippen molar-refractivity contribution in [3.05, 3.63) is 30.1 Å². The van der Waals surface area contributed by atoms with E-state index >= 15 is 0 Å². The summed E-state index contributed by atoms with van der Waals surface area (Å²) in [7, 11) is 0. The van der Waals surface area contributed by atoms with Gasteiger partial charge >= 0.3 is 0 Å². The smallest absolute Gasteiger partial charge is 0.239 e. The number of nitrogens with one attached hydrogen (secondary N) is 2. The third-order valence-corrected chi connectivity index (χ3v) is 11.3. The highest BCUT2D eigenvalue weighted by atomic mass is 16.3. The number of aromatic nitrogens is 1. The third kappa shape index (κ3) is 7.81. The van der Waals surface area contributed by atoms with Gasteiger partial charge in [-0.15, -0.1) is 0 Å². The maximum absolute atomic E-state index is 14.7. The van der Waals surface area contributed by atoms with E-state index in [2.05, 4.69) is 20.5 Å². The quantitative estimate of drug-likeness (QED) is 0.156. The second kappa shape index (κ2) is 16.1. The third-order valence-electron chi connectivity index (χ3n) is 11.3. The van der Waals surface area contributed by atoms with E-state index in [0.29, 0.717) is 25.3 Å². The minimum atomic E-state index is -2.16. The summed E-state index contributed by atoms with van der Waals surface area (Å²) in [5.41, 5.74) is 11.1. The molecule has 1 aromatic heterocycles. The molecule has 0 spiro atoms. The zero-order valence-corrected chi connectivity index (χ0v) is 28.2. The Balaban J connectivity index is 1.70. The lowest BCUT2D eigenvalue weighted by molar-refractivity contribution is -0.168. The van der Waals surface area contributed by atoms with Crippen LogP contribution in [0.15, 0.2) is 24.4 Å². The Bertz CT molecular complexity index is 1160. The zero-order valence-electron chi connectivity index (χ0n) is 28.2. The lowest BCUT2D eigenvalue weighted by Crippen LogP contribution is -2.68. The van der Waals surface area contributed by atoms with Crippen molar-refractivity contribution in [3.63, 3.8) is 0 Å². The zero-order chi connectivity index (χ0) is 33.6. The highest BCUT2D eigenvalue weighted by Crippen LogP contribution is 2.39. The molecule has 3 saturated heterocycles. The molecule has 2 amide bonds. The van der Waals surface area contributed by atoms with Gasteiger partial charge in [0.15, 0.2) is 11.2 Å². The molecule has 1 aliphatic carbocycles. The molecule has 1 saturated carbocycles. The number of fused-ring (bicyclic) bond motifs is 3. The van der Waals surface area contributed by atoms with Gasteiger partial charge in [0.1, 0.15) is 12.1 Å². The minimum absolute atomic E-state index is 0.171. The van der Waals surface area contributed by atoms with Crippen molar-refractivity contribution in [2.75, 3.05) is 19.6 Å². The predicted molar refractivity (Wildman–Crippen MR) is 177 cm³/mol. The lowest BCUT2D eigenvalue weighted by atomic mass is 9.67. The topological polar surface area (TPSA) is 184 Å². The number of aliphatic hydroxyl groups excluding tert-OH is 2. The number of amides is 2. The van der Waals surface area contributed by atoms with E-state index in [0.717, 1.165) is 51.6 Å². The van der Waals surface area contributed by atoms with Crippen LogP contribution in [0.3, 0.4) is 0 Å². The molecule has 4 aliphatic rings. The van der Waals surface area contributed by atoms with Crippen molar-refractivity contribution in [2.24, 2.45) is 40.6 Å². The van der Waals surface area contributed by atoms with Gasteiger partial charge in [0.05, 0.1) is 17.8 Å². The number of ketones is 1. The van der Waals surface area contributed by atoms with Crippen molar-refractivity contribution in [1.82, 2.24) is 20.5 Å². The molecule has 4 fully saturated rings. The molecule has 11 heteroatoms. The van der Waals surface area contributed by atoms with Gasteiger partial charge in [-0.3, -0.25) is 19.4 Å². The van der Waals surface area contributed by atoms with Gasteiger partial charge in [0.25, 0.3) is 0 Å². The fraction of sp³-hybridized carbons (Fsp3) is 0.771.